The Morgan fingerprint density at radius 1 is 1.56 bits per heavy atom. The molecule has 0 amide bonds. The van der Waals surface area contributed by atoms with Gasteiger partial charge in [-0.1, -0.05) is 11.6 Å². The summed E-state index contributed by atoms with van der Waals surface area (Å²) < 4.78 is 5.43. The highest BCUT2D eigenvalue weighted by Gasteiger charge is 2.18. The molecule has 0 radical (unpaired) electrons. The summed E-state index contributed by atoms with van der Waals surface area (Å²) in [5, 5.41) is 1.05. The average molecular weight is 330 g/mol. The first-order chi connectivity index (χ1) is 8.47. The highest BCUT2D eigenvalue weighted by atomic mass is 79.9. The maximum Gasteiger partial charge on any atom is 0.341 e. The van der Waals surface area contributed by atoms with Crippen LogP contribution in [-0.2, 0) is 4.74 Å². The zero-order valence-electron chi connectivity index (χ0n) is 9.75. The van der Waals surface area contributed by atoms with E-state index in [1.807, 2.05) is 13.0 Å². The van der Waals surface area contributed by atoms with Gasteiger partial charge in [-0.25, -0.2) is 4.79 Å². The van der Waals surface area contributed by atoms with Crippen LogP contribution in [-0.4, -0.2) is 18.1 Å². The second-order valence-corrected chi connectivity index (χ2v) is 5.02. The molecule has 0 aliphatic carbocycles. The minimum absolute atomic E-state index is 0.212. The number of anilines is 1. The molecule has 4 nitrogen and oxygen atoms in total. The Kier molecular flexibility index (Phi) is 3.45. The molecule has 0 saturated heterocycles. The summed E-state index contributed by atoms with van der Waals surface area (Å²) in [5.74, 6) is -0.532. The lowest BCUT2D eigenvalue weighted by Gasteiger charge is -2.11. The first kappa shape index (κ1) is 13.1. The van der Waals surface area contributed by atoms with Gasteiger partial charge in [0, 0.05) is 16.1 Å². The number of nitrogens with zero attached hydrogens (tertiary/aromatic N) is 1. The van der Waals surface area contributed by atoms with E-state index >= 15 is 0 Å². The van der Waals surface area contributed by atoms with E-state index in [1.165, 1.54) is 13.3 Å². The molecule has 0 atom stereocenters. The Bertz CT molecular complexity index is 658. The van der Waals surface area contributed by atoms with Crippen LogP contribution in [0.15, 0.2) is 16.7 Å². The fourth-order valence-electron chi connectivity index (χ4n) is 1.72. The molecule has 6 heteroatoms. The number of nitrogen functional groups attached to an aromatic ring is 1. The Morgan fingerprint density at radius 3 is 2.83 bits per heavy atom. The second kappa shape index (κ2) is 4.74. The topological polar surface area (TPSA) is 65.2 Å². The van der Waals surface area contributed by atoms with Crippen molar-refractivity contribution in [2.45, 2.75) is 6.92 Å². The van der Waals surface area contributed by atoms with E-state index in [9.17, 15) is 4.79 Å². The number of rotatable bonds is 1. The number of carbonyl (C=O) groups excluding carboxylic acids is 1. The number of carbonyl (C=O) groups is 1. The van der Waals surface area contributed by atoms with Gasteiger partial charge in [0.05, 0.1) is 23.3 Å². The highest BCUT2D eigenvalue weighted by Crippen LogP contribution is 2.36. The number of ether oxygens (including phenoxy) is 1. The van der Waals surface area contributed by atoms with Crippen LogP contribution in [0.5, 0.6) is 0 Å². The van der Waals surface area contributed by atoms with Gasteiger partial charge in [-0.05, 0) is 34.5 Å². The van der Waals surface area contributed by atoms with Crippen molar-refractivity contribution >= 4 is 50.1 Å². The molecule has 0 unspecified atom stereocenters. The fourth-order valence-corrected chi connectivity index (χ4v) is 2.61. The monoisotopic (exact) mass is 328 g/mol. The zero-order valence-corrected chi connectivity index (χ0v) is 12.1. The maximum absolute atomic E-state index is 11.6. The van der Waals surface area contributed by atoms with Gasteiger partial charge >= 0.3 is 5.97 Å². The van der Waals surface area contributed by atoms with Gasteiger partial charge in [0.15, 0.2) is 0 Å². The number of aromatic nitrogens is 1. The molecule has 0 spiro atoms. The molecule has 2 rings (SSSR count). The molecule has 2 aromatic rings. The maximum atomic E-state index is 11.6. The third-order valence-corrected chi connectivity index (χ3v) is 3.75. The molecular weight excluding hydrogens is 320 g/mol. The number of methoxy groups -OCH3 is 1. The molecule has 94 valence electrons. The number of esters is 1. The summed E-state index contributed by atoms with van der Waals surface area (Å²) in [4.78, 5) is 15.8. The number of aryl methyl sites for hydroxylation is 1. The van der Waals surface area contributed by atoms with Crippen LogP contribution in [0.4, 0.5) is 5.69 Å². The molecule has 18 heavy (non-hydrogen) atoms. The van der Waals surface area contributed by atoms with Gasteiger partial charge in [-0.2, -0.15) is 0 Å². The number of hydrogen-bond acceptors (Lipinski definition) is 4. The number of nitrogens with two attached hydrogens (primary N) is 1. The van der Waals surface area contributed by atoms with Crippen LogP contribution in [0.2, 0.25) is 5.02 Å². The van der Waals surface area contributed by atoms with E-state index in [4.69, 9.17) is 17.3 Å². The van der Waals surface area contributed by atoms with Crippen molar-refractivity contribution in [3.8, 4) is 0 Å². The summed E-state index contributed by atoms with van der Waals surface area (Å²) in [7, 11) is 1.29. The number of benzene rings is 1. The third-order valence-electron chi connectivity index (χ3n) is 2.66. The Morgan fingerprint density at radius 2 is 2.22 bits per heavy atom. The molecule has 0 aliphatic rings. The van der Waals surface area contributed by atoms with E-state index in [1.54, 1.807) is 0 Å². The molecule has 0 fully saturated rings. The SMILES string of the molecule is COC(=O)c1cnc2c(Br)cc(C)c(Cl)c2c1N. The zero-order chi connectivity index (χ0) is 13.4. The van der Waals surface area contributed by atoms with Gasteiger partial charge in [0.2, 0.25) is 0 Å². The number of halogens is 2. The van der Waals surface area contributed by atoms with Crippen LogP contribution in [0.3, 0.4) is 0 Å². The van der Waals surface area contributed by atoms with E-state index < -0.39 is 5.97 Å². The van der Waals surface area contributed by atoms with Crippen LogP contribution >= 0.6 is 27.5 Å². The molecule has 2 N–H and O–H groups in total. The molecule has 1 heterocycles. The molecule has 0 bridgehead atoms. The largest absolute Gasteiger partial charge is 0.465 e. The van der Waals surface area contributed by atoms with Crippen LogP contribution in [0.1, 0.15) is 15.9 Å². The van der Waals surface area contributed by atoms with Crippen molar-refractivity contribution in [2.24, 2.45) is 0 Å². The van der Waals surface area contributed by atoms with Crippen molar-refractivity contribution < 1.29 is 9.53 Å². The average Bonchev–Trinajstić information content (AvgIpc) is 2.35. The minimum Gasteiger partial charge on any atom is -0.465 e. The third kappa shape index (κ3) is 1.93. The van der Waals surface area contributed by atoms with Crippen LogP contribution in [0.25, 0.3) is 10.9 Å². The lowest BCUT2D eigenvalue weighted by atomic mass is 10.1. The van der Waals surface area contributed by atoms with Gasteiger partial charge in [0.25, 0.3) is 0 Å². The lowest BCUT2D eigenvalue weighted by Crippen LogP contribution is -2.07. The smallest absolute Gasteiger partial charge is 0.341 e. The van der Waals surface area contributed by atoms with E-state index in [0.29, 0.717) is 15.9 Å². The van der Waals surface area contributed by atoms with E-state index in [2.05, 4.69) is 25.7 Å². The van der Waals surface area contributed by atoms with Crippen molar-refractivity contribution in [1.29, 1.82) is 0 Å². The van der Waals surface area contributed by atoms with Crippen molar-refractivity contribution in [2.75, 3.05) is 12.8 Å². The lowest BCUT2D eigenvalue weighted by molar-refractivity contribution is 0.0601. The number of hydrogen-bond donors (Lipinski definition) is 1. The Balaban J connectivity index is 2.89. The summed E-state index contributed by atoms with van der Waals surface area (Å²) in [5.41, 5.74) is 7.95. The quantitative estimate of drug-likeness (QED) is 0.815. The van der Waals surface area contributed by atoms with Crippen molar-refractivity contribution in [1.82, 2.24) is 4.98 Å². The summed E-state index contributed by atoms with van der Waals surface area (Å²) in [6.07, 6.45) is 1.39. The van der Waals surface area contributed by atoms with E-state index in [0.717, 1.165) is 10.0 Å². The molecule has 0 saturated carbocycles. The predicted molar refractivity (Wildman–Crippen MR) is 74.9 cm³/mol. The first-order valence-electron chi connectivity index (χ1n) is 5.08. The van der Waals surface area contributed by atoms with Gasteiger partial charge in [-0.15, -0.1) is 0 Å². The second-order valence-electron chi connectivity index (χ2n) is 3.79. The first-order valence-corrected chi connectivity index (χ1v) is 6.25. The Labute approximate surface area is 117 Å². The highest BCUT2D eigenvalue weighted by molar-refractivity contribution is 9.10. The van der Waals surface area contributed by atoms with Crippen molar-refractivity contribution in [3.63, 3.8) is 0 Å². The normalized spacial score (nSPS) is 10.7. The molecular formula is C12H10BrClN2O2. The molecule has 1 aromatic heterocycles. The summed E-state index contributed by atoms with van der Waals surface area (Å²) in [6, 6.07) is 1.86. The number of pyridine rings is 1. The standard InChI is InChI=1S/C12H10BrClN2O2/c1-5-3-7(13)11-8(9(5)14)10(15)6(4-16-11)12(17)18-2/h3-4H,1-2H3,(H2,15,16). The van der Waals surface area contributed by atoms with Gasteiger partial charge in [-0.3, -0.25) is 4.98 Å². The molecule has 1 aromatic carbocycles. The van der Waals surface area contributed by atoms with Gasteiger partial charge in [0.1, 0.15) is 5.56 Å². The number of fused-ring (bicyclic) bond motifs is 1. The molecule has 0 aliphatic heterocycles. The van der Waals surface area contributed by atoms with Crippen LogP contribution < -0.4 is 5.73 Å². The van der Waals surface area contributed by atoms with Crippen LogP contribution in [0, 0.1) is 6.92 Å². The Hall–Kier alpha value is -1.33. The van der Waals surface area contributed by atoms with E-state index in [-0.39, 0.29) is 11.3 Å². The minimum atomic E-state index is -0.532. The summed E-state index contributed by atoms with van der Waals surface area (Å²) >= 11 is 9.63. The summed E-state index contributed by atoms with van der Waals surface area (Å²) in [6.45, 7) is 1.86. The predicted octanol–water partition coefficient (Wildman–Crippen LogP) is 3.33. The van der Waals surface area contributed by atoms with Crippen molar-refractivity contribution in [3.05, 3.63) is 32.9 Å². The fraction of sp³-hybridized carbons (Fsp3) is 0.167. The van der Waals surface area contributed by atoms with Gasteiger partial charge < -0.3 is 10.5 Å².